The zero-order chi connectivity index (χ0) is 17.4. The van der Waals surface area contributed by atoms with Crippen LogP contribution >= 0.6 is 23.2 Å². The van der Waals surface area contributed by atoms with Gasteiger partial charge in [0, 0.05) is 5.57 Å². The molecule has 0 bridgehead atoms. The molecule has 0 amide bonds. The molecule has 2 unspecified atom stereocenters. The minimum atomic E-state index is -5.45. The Labute approximate surface area is 127 Å². The van der Waals surface area contributed by atoms with Gasteiger partial charge in [-0.25, -0.2) is 13.6 Å². The van der Waals surface area contributed by atoms with Crippen molar-refractivity contribution in [2.24, 2.45) is 0 Å². The predicted molar refractivity (Wildman–Crippen MR) is 65.3 cm³/mol. The third-order valence-electron chi connectivity index (χ3n) is 2.54. The third-order valence-corrected chi connectivity index (χ3v) is 3.30. The summed E-state index contributed by atoms with van der Waals surface area (Å²) in [5.41, 5.74) is -7.29. The summed E-state index contributed by atoms with van der Waals surface area (Å²) in [5.74, 6) is -12.0. The van der Waals surface area contributed by atoms with Crippen molar-refractivity contribution in [1.82, 2.24) is 0 Å². The van der Waals surface area contributed by atoms with Gasteiger partial charge in [-0.15, -0.1) is 0 Å². The van der Waals surface area contributed by atoms with Crippen molar-refractivity contribution in [3.05, 3.63) is 12.2 Å². The normalized spacial score (nSPS) is 17.9. The van der Waals surface area contributed by atoms with E-state index in [9.17, 15) is 31.1 Å². The lowest BCUT2D eigenvalue weighted by atomic mass is 9.92. The van der Waals surface area contributed by atoms with E-state index >= 15 is 0 Å². The molecule has 0 N–H and O–H groups in total. The number of halogens is 8. The Morgan fingerprint density at radius 1 is 1.19 bits per heavy atom. The number of ether oxygens (including phenoxy) is 1. The van der Waals surface area contributed by atoms with Crippen molar-refractivity contribution >= 4 is 29.2 Å². The zero-order valence-corrected chi connectivity index (χ0v) is 12.6. The van der Waals surface area contributed by atoms with Crippen LogP contribution in [0.3, 0.4) is 0 Å². The van der Waals surface area contributed by atoms with E-state index < -0.39 is 34.2 Å². The van der Waals surface area contributed by atoms with Crippen LogP contribution in [0.2, 0.25) is 0 Å². The van der Waals surface area contributed by atoms with Crippen molar-refractivity contribution in [2.45, 2.75) is 49.0 Å². The number of alkyl halides is 8. The molecule has 0 aromatic heterocycles. The van der Waals surface area contributed by atoms with Gasteiger partial charge in [0.05, 0.1) is 0 Å². The number of carbonyl (C=O) groups is 1. The molecule has 0 heterocycles. The van der Waals surface area contributed by atoms with Gasteiger partial charge in [-0.1, -0.05) is 29.8 Å². The first-order chi connectivity index (χ1) is 9.02. The van der Waals surface area contributed by atoms with E-state index in [-0.39, 0.29) is 5.57 Å². The Bertz CT molecular complexity index is 434. The highest BCUT2D eigenvalue weighted by molar-refractivity contribution is 6.26. The molecule has 21 heavy (non-hydrogen) atoms. The van der Waals surface area contributed by atoms with Gasteiger partial charge in [-0.05, 0) is 20.8 Å². The average molecular weight is 361 g/mol. The topological polar surface area (TPSA) is 26.3 Å². The Kier molecular flexibility index (Phi) is 5.69. The number of hydrogen-bond acceptors (Lipinski definition) is 2. The van der Waals surface area contributed by atoms with Gasteiger partial charge in [-0.3, -0.25) is 0 Å². The molecule has 0 aliphatic carbocycles. The van der Waals surface area contributed by atoms with Gasteiger partial charge in [-0.2, -0.15) is 17.6 Å². The molecule has 0 saturated carbocycles. The van der Waals surface area contributed by atoms with E-state index in [0.717, 1.165) is 6.92 Å². The van der Waals surface area contributed by atoms with E-state index in [1.54, 1.807) is 0 Å². The van der Waals surface area contributed by atoms with Crippen LogP contribution in [0.1, 0.15) is 20.8 Å². The second kappa shape index (κ2) is 5.87. The van der Waals surface area contributed by atoms with Crippen LogP contribution in [0.5, 0.6) is 0 Å². The molecular weight excluding hydrogens is 349 g/mol. The van der Waals surface area contributed by atoms with Crippen LogP contribution in [0.15, 0.2) is 12.2 Å². The summed E-state index contributed by atoms with van der Waals surface area (Å²) in [6.07, 6.45) is 0. The Balaban J connectivity index is 5.73. The second-order valence-electron chi connectivity index (χ2n) is 4.75. The fraction of sp³-hybridized carbons (Fsp3) is 0.727. The first-order valence-electron chi connectivity index (χ1n) is 5.32. The lowest BCUT2D eigenvalue weighted by Crippen LogP contribution is -2.65. The van der Waals surface area contributed by atoms with Crippen molar-refractivity contribution < 1.29 is 35.9 Å². The molecule has 2 atom stereocenters. The highest BCUT2D eigenvalue weighted by Crippen LogP contribution is 2.55. The maximum Gasteiger partial charge on any atom is 0.345 e. The molecule has 124 valence electrons. The summed E-state index contributed by atoms with van der Waals surface area (Å²) in [7, 11) is 0. The van der Waals surface area contributed by atoms with E-state index in [2.05, 4.69) is 34.5 Å². The standard InChI is InChI=1S/C11H12Cl2F6O2/c1-5(2)6(20)21-8(3,4)11(18,19)10(13,17)9(15,16)7(12)14/h7H,1H2,2-4H3. The second-order valence-corrected chi connectivity index (χ2v) is 5.66. The molecule has 10 heteroatoms. The van der Waals surface area contributed by atoms with Crippen LogP contribution in [-0.4, -0.2) is 34.2 Å². The number of carbonyl (C=O) groups excluding carboxylic acids is 1. The number of rotatable bonds is 6. The lowest BCUT2D eigenvalue weighted by molar-refractivity contribution is -0.278. The Morgan fingerprint density at radius 3 is 1.86 bits per heavy atom. The smallest absolute Gasteiger partial charge is 0.345 e. The minimum Gasteiger partial charge on any atom is -0.450 e. The highest BCUT2D eigenvalue weighted by Gasteiger charge is 2.77. The summed E-state index contributed by atoms with van der Waals surface area (Å²) in [5, 5.41) is -5.24. The molecule has 0 aliphatic heterocycles. The van der Waals surface area contributed by atoms with Crippen LogP contribution < -0.4 is 0 Å². The van der Waals surface area contributed by atoms with Gasteiger partial charge in [0.2, 0.25) is 5.63 Å². The molecule has 0 spiro atoms. The van der Waals surface area contributed by atoms with Crippen molar-refractivity contribution in [2.75, 3.05) is 0 Å². The van der Waals surface area contributed by atoms with E-state index in [1.165, 1.54) is 0 Å². The Morgan fingerprint density at radius 2 is 1.57 bits per heavy atom. The summed E-state index contributed by atoms with van der Waals surface area (Å²) in [4.78, 5) is 11.2. The molecular formula is C11H12Cl2F6O2. The van der Waals surface area contributed by atoms with E-state index in [0.29, 0.717) is 13.8 Å². The Hall–Kier alpha value is -0.630. The number of esters is 1. The van der Waals surface area contributed by atoms with Crippen molar-refractivity contribution in [3.63, 3.8) is 0 Å². The monoisotopic (exact) mass is 360 g/mol. The highest BCUT2D eigenvalue weighted by atomic mass is 35.5. The van der Waals surface area contributed by atoms with Crippen LogP contribution in [-0.2, 0) is 9.53 Å². The third kappa shape index (κ3) is 3.41. The SMILES string of the molecule is C=C(C)C(=O)OC(C)(C)C(F)(F)C(F)(Cl)C(F)(F)C(F)Cl. The van der Waals surface area contributed by atoms with Crippen molar-refractivity contribution in [3.8, 4) is 0 Å². The maximum absolute atomic E-state index is 13.9. The lowest BCUT2D eigenvalue weighted by Gasteiger charge is -2.42. The molecule has 0 fully saturated rings. The minimum absolute atomic E-state index is 0.342. The molecule has 0 rings (SSSR count). The van der Waals surface area contributed by atoms with Crippen LogP contribution in [0.25, 0.3) is 0 Å². The van der Waals surface area contributed by atoms with E-state index in [4.69, 9.17) is 0 Å². The van der Waals surface area contributed by atoms with Gasteiger partial charge < -0.3 is 4.74 Å². The summed E-state index contributed by atoms with van der Waals surface area (Å²) < 4.78 is 84.8. The summed E-state index contributed by atoms with van der Waals surface area (Å²) >= 11 is 8.93. The predicted octanol–water partition coefficient (Wildman–Crippen LogP) is 4.59. The van der Waals surface area contributed by atoms with Gasteiger partial charge in [0.1, 0.15) is 0 Å². The van der Waals surface area contributed by atoms with Crippen LogP contribution in [0, 0.1) is 0 Å². The molecule has 0 aromatic carbocycles. The first kappa shape index (κ1) is 20.4. The summed E-state index contributed by atoms with van der Waals surface area (Å²) in [6.45, 7) is 5.04. The first-order valence-corrected chi connectivity index (χ1v) is 6.14. The maximum atomic E-state index is 13.9. The fourth-order valence-electron chi connectivity index (χ4n) is 1.11. The van der Waals surface area contributed by atoms with Crippen molar-refractivity contribution in [1.29, 1.82) is 0 Å². The molecule has 0 aromatic rings. The molecule has 0 radical (unpaired) electrons. The number of hydrogen-bond donors (Lipinski definition) is 0. The summed E-state index contributed by atoms with van der Waals surface area (Å²) in [6, 6.07) is 0. The average Bonchev–Trinajstić information content (AvgIpc) is 2.26. The molecule has 2 nitrogen and oxygen atoms in total. The van der Waals surface area contributed by atoms with Crippen LogP contribution in [0.4, 0.5) is 26.3 Å². The fourth-order valence-corrected chi connectivity index (χ4v) is 1.64. The largest absolute Gasteiger partial charge is 0.450 e. The van der Waals surface area contributed by atoms with Gasteiger partial charge >= 0.3 is 22.9 Å². The molecule has 0 aliphatic rings. The van der Waals surface area contributed by atoms with E-state index in [1.807, 2.05) is 0 Å². The quantitative estimate of drug-likeness (QED) is 0.299. The zero-order valence-electron chi connectivity index (χ0n) is 11.1. The van der Waals surface area contributed by atoms with Gasteiger partial charge in [0.25, 0.3) is 0 Å². The van der Waals surface area contributed by atoms with Gasteiger partial charge in [0.15, 0.2) is 5.60 Å². The molecule has 0 saturated heterocycles.